The van der Waals surface area contributed by atoms with Gasteiger partial charge in [-0.1, -0.05) is 31.7 Å². The Morgan fingerprint density at radius 1 is 1.43 bits per heavy atom. The van der Waals surface area contributed by atoms with Crippen LogP contribution in [-0.2, 0) is 0 Å². The van der Waals surface area contributed by atoms with E-state index in [0.717, 1.165) is 32.6 Å². The lowest BCUT2D eigenvalue weighted by Gasteiger charge is -2.30. The second-order valence-electron chi connectivity index (χ2n) is 3.37. The molecule has 0 aromatic carbocycles. The molecule has 1 N–H and O–H groups in total. The maximum atomic E-state index is 3.69. The van der Waals surface area contributed by atoms with Crippen molar-refractivity contribution in [2.24, 2.45) is 0 Å². The SMILES string of the molecule is C=C/C=C\C(=C/CC)N1CCNCC1. The standard InChI is InChI=1S/C12H20N2/c1-3-5-7-12(6-4-2)14-10-8-13-9-11-14/h3,5-7,13H,1,4,8-11H2,2H3/b7-5-,12-6+. The van der Waals surface area contributed by atoms with E-state index < -0.39 is 0 Å². The van der Waals surface area contributed by atoms with Crippen molar-refractivity contribution in [2.45, 2.75) is 13.3 Å². The van der Waals surface area contributed by atoms with Crippen molar-refractivity contribution in [3.05, 3.63) is 36.6 Å². The summed E-state index contributed by atoms with van der Waals surface area (Å²) in [6.07, 6.45) is 9.32. The second kappa shape index (κ2) is 6.44. The number of rotatable bonds is 4. The van der Waals surface area contributed by atoms with E-state index in [1.807, 2.05) is 12.2 Å². The molecule has 1 saturated heterocycles. The third-order valence-corrected chi connectivity index (χ3v) is 2.30. The van der Waals surface area contributed by atoms with E-state index in [-0.39, 0.29) is 0 Å². The second-order valence-corrected chi connectivity index (χ2v) is 3.37. The van der Waals surface area contributed by atoms with E-state index in [0.29, 0.717) is 0 Å². The first-order chi connectivity index (χ1) is 6.88. The molecule has 0 atom stereocenters. The third kappa shape index (κ3) is 3.38. The van der Waals surface area contributed by atoms with Gasteiger partial charge in [0.05, 0.1) is 0 Å². The summed E-state index contributed by atoms with van der Waals surface area (Å²) in [5.41, 5.74) is 1.33. The predicted molar refractivity (Wildman–Crippen MR) is 62.2 cm³/mol. The highest BCUT2D eigenvalue weighted by atomic mass is 15.2. The minimum atomic E-state index is 1.08. The number of allylic oxidation sites excluding steroid dienone is 4. The summed E-state index contributed by atoms with van der Waals surface area (Å²) < 4.78 is 0. The zero-order valence-corrected chi connectivity index (χ0v) is 9.00. The molecule has 0 radical (unpaired) electrons. The third-order valence-electron chi connectivity index (χ3n) is 2.30. The van der Waals surface area contributed by atoms with Crippen LogP contribution in [0.15, 0.2) is 36.6 Å². The molecule has 1 fully saturated rings. The van der Waals surface area contributed by atoms with E-state index in [9.17, 15) is 0 Å². The normalized spacial score (nSPS) is 18.9. The Morgan fingerprint density at radius 3 is 2.71 bits per heavy atom. The van der Waals surface area contributed by atoms with Crippen molar-refractivity contribution < 1.29 is 0 Å². The van der Waals surface area contributed by atoms with Crippen LogP contribution >= 0.6 is 0 Å². The van der Waals surface area contributed by atoms with Crippen LogP contribution < -0.4 is 5.32 Å². The number of nitrogens with one attached hydrogen (secondary N) is 1. The summed E-state index contributed by atoms with van der Waals surface area (Å²) in [6.45, 7) is 10.2. The lowest BCUT2D eigenvalue weighted by atomic mass is 10.2. The minimum absolute atomic E-state index is 1.08. The van der Waals surface area contributed by atoms with Crippen LogP contribution in [0.4, 0.5) is 0 Å². The summed E-state index contributed by atoms with van der Waals surface area (Å²) >= 11 is 0. The summed E-state index contributed by atoms with van der Waals surface area (Å²) in [5.74, 6) is 0. The van der Waals surface area contributed by atoms with Crippen LogP contribution in [0, 0.1) is 0 Å². The summed E-state index contributed by atoms with van der Waals surface area (Å²) in [7, 11) is 0. The molecule has 1 aliphatic heterocycles. The number of hydrogen-bond acceptors (Lipinski definition) is 2. The molecule has 0 spiro atoms. The van der Waals surface area contributed by atoms with E-state index in [1.54, 1.807) is 0 Å². The summed E-state index contributed by atoms with van der Waals surface area (Å²) in [5, 5.41) is 3.35. The molecule has 1 rings (SSSR count). The first-order valence-electron chi connectivity index (χ1n) is 5.33. The van der Waals surface area contributed by atoms with Crippen LogP contribution in [0.3, 0.4) is 0 Å². The van der Waals surface area contributed by atoms with Crippen molar-refractivity contribution >= 4 is 0 Å². The number of piperazine rings is 1. The highest BCUT2D eigenvalue weighted by Crippen LogP contribution is 2.08. The average Bonchev–Trinajstić information content (AvgIpc) is 2.25. The van der Waals surface area contributed by atoms with Gasteiger partial charge in [0.2, 0.25) is 0 Å². The molecule has 0 unspecified atom stereocenters. The lowest BCUT2D eigenvalue weighted by molar-refractivity contribution is 0.306. The van der Waals surface area contributed by atoms with Crippen molar-refractivity contribution in [3.63, 3.8) is 0 Å². The Kier molecular flexibility index (Phi) is 5.08. The molecular formula is C12H20N2. The summed E-state index contributed by atoms with van der Waals surface area (Å²) in [6, 6.07) is 0. The van der Waals surface area contributed by atoms with Crippen molar-refractivity contribution in [3.8, 4) is 0 Å². The molecule has 14 heavy (non-hydrogen) atoms. The Bertz CT molecular complexity index is 222. The van der Waals surface area contributed by atoms with Gasteiger partial charge >= 0.3 is 0 Å². The van der Waals surface area contributed by atoms with Crippen LogP contribution in [0.5, 0.6) is 0 Å². The largest absolute Gasteiger partial charge is 0.369 e. The van der Waals surface area contributed by atoms with E-state index in [2.05, 4.69) is 35.9 Å². The zero-order valence-electron chi connectivity index (χ0n) is 9.00. The van der Waals surface area contributed by atoms with Crippen LogP contribution in [-0.4, -0.2) is 31.1 Å². The van der Waals surface area contributed by atoms with Gasteiger partial charge in [0.15, 0.2) is 0 Å². The topological polar surface area (TPSA) is 15.3 Å². The molecule has 0 saturated carbocycles. The van der Waals surface area contributed by atoms with Crippen LogP contribution in [0.25, 0.3) is 0 Å². The summed E-state index contributed by atoms with van der Waals surface area (Å²) in [4.78, 5) is 2.42. The number of nitrogens with zero attached hydrogens (tertiary/aromatic N) is 1. The molecule has 2 nitrogen and oxygen atoms in total. The first kappa shape index (κ1) is 11.1. The zero-order chi connectivity index (χ0) is 10.2. The highest BCUT2D eigenvalue weighted by Gasteiger charge is 2.09. The Hall–Kier alpha value is -1.02. The first-order valence-corrected chi connectivity index (χ1v) is 5.33. The molecule has 0 aromatic heterocycles. The van der Waals surface area contributed by atoms with Gasteiger partial charge in [-0.05, 0) is 12.5 Å². The maximum absolute atomic E-state index is 3.69. The van der Waals surface area contributed by atoms with Crippen molar-refractivity contribution in [2.75, 3.05) is 26.2 Å². The highest BCUT2D eigenvalue weighted by molar-refractivity contribution is 5.21. The van der Waals surface area contributed by atoms with Gasteiger partial charge in [-0.15, -0.1) is 0 Å². The maximum Gasteiger partial charge on any atom is 0.0326 e. The van der Waals surface area contributed by atoms with Gasteiger partial charge in [0, 0.05) is 31.9 Å². The average molecular weight is 192 g/mol. The fourth-order valence-corrected chi connectivity index (χ4v) is 1.60. The van der Waals surface area contributed by atoms with E-state index in [1.165, 1.54) is 5.70 Å². The predicted octanol–water partition coefficient (Wildman–Crippen LogP) is 1.93. The van der Waals surface area contributed by atoms with Crippen LogP contribution in [0.1, 0.15) is 13.3 Å². The fraction of sp³-hybridized carbons (Fsp3) is 0.500. The Morgan fingerprint density at radius 2 is 2.14 bits per heavy atom. The molecule has 0 aliphatic carbocycles. The van der Waals surface area contributed by atoms with Crippen molar-refractivity contribution in [1.82, 2.24) is 10.2 Å². The Balaban J connectivity index is 2.60. The Labute approximate surface area is 87.0 Å². The molecule has 78 valence electrons. The lowest BCUT2D eigenvalue weighted by Crippen LogP contribution is -2.42. The van der Waals surface area contributed by atoms with Gasteiger partial charge < -0.3 is 10.2 Å². The van der Waals surface area contributed by atoms with Gasteiger partial charge in [0.1, 0.15) is 0 Å². The molecule has 0 bridgehead atoms. The molecule has 0 aromatic rings. The van der Waals surface area contributed by atoms with Gasteiger partial charge in [-0.2, -0.15) is 0 Å². The fourth-order valence-electron chi connectivity index (χ4n) is 1.60. The van der Waals surface area contributed by atoms with E-state index >= 15 is 0 Å². The van der Waals surface area contributed by atoms with Gasteiger partial charge in [-0.25, -0.2) is 0 Å². The molecule has 1 aliphatic rings. The van der Waals surface area contributed by atoms with E-state index in [4.69, 9.17) is 0 Å². The molecule has 1 heterocycles. The number of hydrogen-bond donors (Lipinski definition) is 1. The van der Waals surface area contributed by atoms with Crippen molar-refractivity contribution in [1.29, 1.82) is 0 Å². The molecule has 2 heteroatoms. The van der Waals surface area contributed by atoms with Gasteiger partial charge in [-0.3, -0.25) is 0 Å². The quantitative estimate of drug-likeness (QED) is 0.685. The monoisotopic (exact) mass is 192 g/mol. The molecule has 0 amide bonds. The van der Waals surface area contributed by atoms with Gasteiger partial charge in [0.25, 0.3) is 0 Å². The van der Waals surface area contributed by atoms with Crippen LogP contribution in [0.2, 0.25) is 0 Å². The molecular weight excluding hydrogens is 172 g/mol. The minimum Gasteiger partial charge on any atom is -0.369 e. The smallest absolute Gasteiger partial charge is 0.0326 e.